The first-order valence-corrected chi connectivity index (χ1v) is 5.18. The number of aryl methyl sites for hydroxylation is 2. The Balaban J connectivity index is 2.39. The van der Waals surface area contributed by atoms with Gasteiger partial charge >= 0.3 is 0 Å². The third kappa shape index (κ3) is 1.96. The van der Waals surface area contributed by atoms with Crippen LogP contribution in [0, 0.1) is 25.2 Å². The molecule has 3 heteroatoms. The highest BCUT2D eigenvalue weighted by Gasteiger charge is 2.04. The Hall–Kier alpha value is -2.08. The van der Waals surface area contributed by atoms with E-state index < -0.39 is 0 Å². The predicted octanol–water partition coefficient (Wildman–Crippen LogP) is 2.69. The smallest absolute Gasteiger partial charge is 0.128 e. The second-order valence-electron chi connectivity index (χ2n) is 3.90. The summed E-state index contributed by atoms with van der Waals surface area (Å²) < 4.78 is 1.65. The molecule has 0 spiro atoms. The molecule has 0 atom stereocenters. The summed E-state index contributed by atoms with van der Waals surface area (Å²) in [7, 11) is 0. The molecule has 3 nitrogen and oxygen atoms in total. The minimum Gasteiger partial charge on any atom is -0.258 e. The normalized spacial score (nSPS) is 10.1. The maximum Gasteiger partial charge on any atom is 0.128 e. The van der Waals surface area contributed by atoms with Crippen LogP contribution in [0.25, 0.3) is 11.1 Å². The van der Waals surface area contributed by atoms with Crippen LogP contribution in [0.3, 0.4) is 0 Å². The average molecular weight is 211 g/mol. The fourth-order valence-electron chi connectivity index (χ4n) is 1.80. The largest absolute Gasteiger partial charge is 0.258 e. The maximum atomic E-state index is 8.58. The highest BCUT2D eigenvalue weighted by Crippen LogP contribution is 2.23. The van der Waals surface area contributed by atoms with Gasteiger partial charge in [0.1, 0.15) is 6.54 Å². The Bertz CT molecular complexity index is 547. The highest BCUT2D eigenvalue weighted by atomic mass is 15.3. The van der Waals surface area contributed by atoms with E-state index in [1.54, 1.807) is 10.9 Å². The molecule has 1 aromatic heterocycles. The zero-order chi connectivity index (χ0) is 11.5. The van der Waals surface area contributed by atoms with Crippen LogP contribution in [0.2, 0.25) is 0 Å². The Labute approximate surface area is 94.9 Å². The molecule has 0 N–H and O–H groups in total. The highest BCUT2D eigenvalue weighted by molar-refractivity contribution is 5.66. The van der Waals surface area contributed by atoms with Gasteiger partial charge in [-0.25, -0.2) is 0 Å². The Morgan fingerprint density at radius 2 is 2.19 bits per heavy atom. The molecule has 0 saturated heterocycles. The first kappa shape index (κ1) is 10.4. The van der Waals surface area contributed by atoms with E-state index in [1.165, 1.54) is 16.7 Å². The monoisotopic (exact) mass is 211 g/mol. The van der Waals surface area contributed by atoms with Crippen LogP contribution in [0.1, 0.15) is 11.1 Å². The van der Waals surface area contributed by atoms with Crippen molar-refractivity contribution < 1.29 is 0 Å². The molecule has 0 bridgehead atoms. The fraction of sp³-hybridized carbons (Fsp3) is 0.231. The van der Waals surface area contributed by atoms with Crippen molar-refractivity contribution >= 4 is 0 Å². The van der Waals surface area contributed by atoms with Gasteiger partial charge in [-0.15, -0.1) is 0 Å². The van der Waals surface area contributed by atoms with Crippen molar-refractivity contribution in [1.29, 1.82) is 5.26 Å². The first-order valence-electron chi connectivity index (χ1n) is 5.18. The van der Waals surface area contributed by atoms with Gasteiger partial charge in [0.05, 0.1) is 12.3 Å². The predicted molar refractivity (Wildman–Crippen MR) is 62.8 cm³/mol. The summed E-state index contributed by atoms with van der Waals surface area (Å²) >= 11 is 0. The van der Waals surface area contributed by atoms with Crippen molar-refractivity contribution in [3.63, 3.8) is 0 Å². The minimum atomic E-state index is 0.297. The zero-order valence-electron chi connectivity index (χ0n) is 9.44. The summed E-state index contributed by atoms with van der Waals surface area (Å²) in [4.78, 5) is 0. The Morgan fingerprint density at radius 3 is 2.88 bits per heavy atom. The second kappa shape index (κ2) is 4.19. The molecule has 0 aliphatic heterocycles. The quantitative estimate of drug-likeness (QED) is 0.766. The number of hydrogen-bond donors (Lipinski definition) is 0. The SMILES string of the molecule is Cc1ccc(-c2cnn(CC#N)c2)c(C)c1. The number of nitrogens with zero attached hydrogens (tertiary/aromatic N) is 3. The molecule has 2 aromatic rings. The van der Waals surface area contributed by atoms with E-state index in [1.807, 2.05) is 6.20 Å². The molecule has 80 valence electrons. The molecule has 0 fully saturated rings. The number of rotatable bonds is 2. The fourth-order valence-corrected chi connectivity index (χ4v) is 1.80. The van der Waals surface area contributed by atoms with Crippen LogP contribution in [-0.4, -0.2) is 9.78 Å². The van der Waals surface area contributed by atoms with Crippen molar-refractivity contribution in [2.45, 2.75) is 20.4 Å². The van der Waals surface area contributed by atoms with Gasteiger partial charge in [0.25, 0.3) is 0 Å². The van der Waals surface area contributed by atoms with Crippen molar-refractivity contribution in [1.82, 2.24) is 9.78 Å². The second-order valence-corrected chi connectivity index (χ2v) is 3.90. The van der Waals surface area contributed by atoms with Crippen LogP contribution in [-0.2, 0) is 6.54 Å². The van der Waals surface area contributed by atoms with Gasteiger partial charge in [-0.3, -0.25) is 4.68 Å². The Kier molecular flexibility index (Phi) is 2.74. The van der Waals surface area contributed by atoms with Crippen molar-refractivity contribution in [3.8, 4) is 17.2 Å². The maximum absolute atomic E-state index is 8.58. The van der Waals surface area contributed by atoms with Crippen LogP contribution < -0.4 is 0 Å². The zero-order valence-corrected chi connectivity index (χ0v) is 9.44. The molecule has 0 amide bonds. The summed E-state index contributed by atoms with van der Waals surface area (Å²) in [5, 5.41) is 12.7. The summed E-state index contributed by atoms with van der Waals surface area (Å²) in [6, 6.07) is 8.41. The lowest BCUT2D eigenvalue weighted by molar-refractivity contribution is 0.710. The van der Waals surface area contributed by atoms with Gasteiger partial charge in [-0.05, 0) is 25.0 Å². The summed E-state index contributed by atoms with van der Waals surface area (Å²) in [6.45, 7) is 4.46. The van der Waals surface area contributed by atoms with Crippen LogP contribution in [0.5, 0.6) is 0 Å². The molecule has 0 saturated carbocycles. The van der Waals surface area contributed by atoms with E-state index >= 15 is 0 Å². The third-order valence-electron chi connectivity index (χ3n) is 2.56. The van der Waals surface area contributed by atoms with Crippen LogP contribution in [0.15, 0.2) is 30.6 Å². The molecular formula is C13H13N3. The number of aromatic nitrogens is 2. The molecule has 16 heavy (non-hydrogen) atoms. The molecule has 0 aliphatic carbocycles. The van der Waals surface area contributed by atoms with Crippen molar-refractivity contribution in [2.75, 3.05) is 0 Å². The van der Waals surface area contributed by atoms with Crippen molar-refractivity contribution in [3.05, 3.63) is 41.7 Å². The van der Waals surface area contributed by atoms with Crippen molar-refractivity contribution in [2.24, 2.45) is 0 Å². The molecular weight excluding hydrogens is 198 g/mol. The molecule has 0 unspecified atom stereocenters. The van der Waals surface area contributed by atoms with Crippen LogP contribution in [0.4, 0.5) is 0 Å². The standard InChI is InChI=1S/C13H13N3/c1-10-3-4-13(11(2)7-10)12-8-15-16(9-12)6-5-14/h3-4,7-9H,6H2,1-2H3. The molecule has 2 rings (SSSR count). The molecule has 0 aliphatic rings. The van der Waals surface area contributed by atoms with Gasteiger partial charge in [-0.1, -0.05) is 23.8 Å². The van der Waals surface area contributed by atoms with E-state index in [0.29, 0.717) is 6.54 Å². The number of hydrogen-bond acceptors (Lipinski definition) is 2. The Morgan fingerprint density at radius 1 is 1.38 bits per heavy atom. The lowest BCUT2D eigenvalue weighted by atomic mass is 10.0. The number of nitriles is 1. The van der Waals surface area contributed by atoms with Gasteiger partial charge in [0, 0.05) is 11.8 Å². The van der Waals surface area contributed by atoms with Gasteiger partial charge in [0.15, 0.2) is 0 Å². The van der Waals surface area contributed by atoms with Crippen LogP contribution >= 0.6 is 0 Å². The topological polar surface area (TPSA) is 41.6 Å². The van der Waals surface area contributed by atoms with Gasteiger partial charge < -0.3 is 0 Å². The van der Waals surface area contributed by atoms with E-state index in [0.717, 1.165) is 5.56 Å². The third-order valence-corrected chi connectivity index (χ3v) is 2.56. The van der Waals surface area contributed by atoms with Gasteiger partial charge in [-0.2, -0.15) is 10.4 Å². The van der Waals surface area contributed by atoms with Gasteiger partial charge in [0.2, 0.25) is 0 Å². The first-order chi connectivity index (χ1) is 7.70. The van der Waals surface area contributed by atoms with E-state index in [2.05, 4.69) is 43.2 Å². The minimum absolute atomic E-state index is 0.297. The molecule has 1 heterocycles. The summed E-state index contributed by atoms with van der Waals surface area (Å²) in [5.41, 5.74) is 4.73. The summed E-state index contributed by atoms with van der Waals surface area (Å²) in [6.07, 6.45) is 3.70. The van der Waals surface area contributed by atoms with E-state index in [-0.39, 0.29) is 0 Å². The molecule has 1 aromatic carbocycles. The van der Waals surface area contributed by atoms with E-state index in [4.69, 9.17) is 5.26 Å². The van der Waals surface area contributed by atoms with E-state index in [9.17, 15) is 0 Å². The molecule has 0 radical (unpaired) electrons. The lowest BCUT2D eigenvalue weighted by Gasteiger charge is -2.03. The lowest BCUT2D eigenvalue weighted by Crippen LogP contribution is -1.94. The summed E-state index contributed by atoms with van der Waals surface area (Å²) in [5.74, 6) is 0. The average Bonchev–Trinajstić information content (AvgIpc) is 2.67. The number of benzene rings is 1.